The molecular formula is C26H30N4O2S. The Kier molecular flexibility index (Phi) is 6.17. The maximum atomic E-state index is 13.5. The number of aromatic nitrogens is 1. The summed E-state index contributed by atoms with van der Waals surface area (Å²) in [6.45, 7) is 5.57. The minimum Gasteiger partial charge on any atom is -0.310 e. The molecule has 0 radical (unpaired) electrons. The molecule has 0 N–H and O–H groups in total. The molecule has 6 nitrogen and oxygen atoms in total. The molecule has 3 amide bonds. The third kappa shape index (κ3) is 4.15. The zero-order valence-corrected chi connectivity index (χ0v) is 19.9. The van der Waals surface area contributed by atoms with E-state index in [1.165, 1.54) is 19.9 Å². The van der Waals surface area contributed by atoms with Crippen molar-refractivity contribution < 1.29 is 9.59 Å². The van der Waals surface area contributed by atoms with Crippen LogP contribution in [0.15, 0.2) is 54.9 Å². The standard InChI is InChI=1S/C26H30N4O2S/c1-2-30-25(32)29(14-6-8-20-7-5-13-27-18-20)24(31)26(30)11-15-28(16-12-26)19-22-17-21-9-3-4-10-23(21)33-22/h3-5,7,9-10,13,17-18H,2,6,8,11-12,14-16,19H2,1H3. The van der Waals surface area contributed by atoms with Gasteiger partial charge in [-0.05, 0) is 61.8 Å². The molecule has 0 bridgehead atoms. The number of likely N-dealkylation sites (N-methyl/N-ethyl adjacent to an activating group) is 1. The number of urea groups is 1. The summed E-state index contributed by atoms with van der Waals surface area (Å²) in [7, 11) is 0. The van der Waals surface area contributed by atoms with Gasteiger partial charge in [0.15, 0.2) is 0 Å². The SMILES string of the molecule is CCN1C(=O)N(CCCc2cccnc2)C(=O)C12CCN(Cc1cc3ccccc3s1)CC2. The van der Waals surface area contributed by atoms with Crippen molar-refractivity contribution in [2.75, 3.05) is 26.2 Å². The van der Waals surface area contributed by atoms with Crippen molar-refractivity contribution in [2.45, 2.75) is 44.7 Å². The van der Waals surface area contributed by atoms with Gasteiger partial charge in [-0.3, -0.25) is 19.6 Å². The van der Waals surface area contributed by atoms with Gasteiger partial charge in [0.25, 0.3) is 5.91 Å². The second-order valence-electron chi connectivity index (χ2n) is 9.01. The molecule has 0 unspecified atom stereocenters. The highest BCUT2D eigenvalue weighted by Gasteiger charge is 2.57. The van der Waals surface area contributed by atoms with Crippen molar-refractivity contribution in [3.63, 3.8) is 0 Å². The van der Waals surface area contributed by atoms with Crippen molar-refractivity contribution in [3.05, 3.63) is 65.3 Å². The van der Waals surface area contributed by atoms with E-state index in [9.17, 15) is 9.59 Å². The number of pyridine rings is 1. The number of amides is 3. The van der Waals surface area contributed by atoms with Gasteiger partial charge in [0.05, 0.1) is 0 Å². The third-order valence-electron chi connectivity index (χ3n) is 7.05. The molecule has 33 heavy (non-hydrogen) atoms. The topological polar surface area (TPSA) is 56.8 Å². The molecule has 172 valence electrons. The van der Waals surface area contributed by atoms with E-state index in [4.69, 9.17) is 0 Å². The molecule has 0 atom stereocenters. The fraction of sp³-hybridized carbons (Fsp3) is 0.423. The number of imide groups is 1. The Labute approximate surface area is 198 Å². The Morgan fingerprint density at radius 2 is 1.91 bits per heavy atom. The number of carbonyl (C=O) groups is 2. The highest BCUT2D eigenvalue weighted by atomic mass is 32.1. The van der Waals surface area contributed by atoms with E-state index >= 15 is 0 Å². The van der Waals surface area contributed by atoms with Crippen molar-refractivity contribution >= 4 is 33.4 Å². The smallest absolute Gasteiger partial charge is 0.310 e. The van der Waals surface area contributed by atoms with Crippen LogP contribution in [0.25, 0.3) is 10.1 Å². The van der Waals surface area contributed by atoms with E-state index in [0.717, 1.165) is 38.0 Å². The number of hydrogen-bond donors (Lipinski definition) is 0. The van der Waals surface area contributed by atoms with E-state index in [-0.39, 0.29) is 11.9 Å². The summed E-state index contributed by atoms with van der Waals surface area (Å²) >= 11 is 1.84. The Balaban J connectivity index is 1.23. The molecule has 2 fully saturated rings. The largest absolute Gasteiger partial charge is 0.327 e. The molecule has 4 heterocycles. The summed E-state index contributed by atoms with van der Waals surface area (Å²) in [4.78, 5) is 37.9. The molecule has 7 heteroatoms. The number of rotatable bonds is 7. The molecule has 0 saturated carbocycles. The van der Waals surface area contributed by atoms with Gasteiger partial charge < -0.3 is 4.90 Å². The van der Waals surface area contributed by atoms with Gasteiger partial charge in [-0.2, -0.15) is 0 Å². The number of thiophene rings is 1. The molecule has 3 aromatic rings. The molecule has 0 aliphatic carbocycles. The number of nitrogens with zero attached hydrogens (tertiary/aromatic N) is 4. The first kappa shape index (κ1) is 22.0. The minimum atomic E-state index is -0.670. The van der Waals surface area contributed by atoms with E-state index < -0.39 is 5.54 Å². The Hall–Kier alpha value is -2.77. The summed E-state index contributed by atoms with van der Waals surface area (Å²) < 4.78 is 1.32. The van der Waals surface area contributed by atoms with E-state index in [0.29, 0.717) is 25.9 Å². The predicted molar refractivity (Wildman–Crippen MR) is 131 cm³/mol. The van der Waals surface area contributed by atoms with E-state index in [2.05, 4.69) is 40.2 Å². The summed E-state index contributed by atoms with van der Waals surface area (Å²) in [5.74, 6) is 0.00190. The maximum absolute atomic E-state index is 13.5. The number of likely N-dealkylation sites (tertiary alicyclic amines) is 1. The number of hydrogen-bond acceptors (Lipinski definition) is 5. The predicted octanol–water partition coefficient (Wildman–Crippen LogP) is 4.55. The number of fused-ring (bicyclic) bond motifs is 1. The van der Waals surface area contributed by atoms with Crippen molar-refractivity contribution in [2.24, 2.45) is 0 Å². The van der Waals surface area contributed by atoms with E-state index in [1.807, 2.05) is 41.5 Å². The van der Waals surface area contributed by atoms with Gasteiger partial charge >= 0.3 is 6.03 Å². The summed E-state index contributed by atoms with van der Waals surface area (Å²) in [6, 6.07) is 14.6. The Morgan fingerprint density at radius 3 is 2.64 bits per heavy atom. The van der Waals surface area contributed by atoms with Crippen molar-refractivity contribution in [1.29, 1.82) is 0 Å². The molecule has 2 aliphatic heterocycles. The quantitative estimate of drug-likeness (QED) is 0.484. The second kappa shape index (κ2) is 9.23. The summed E-state index contributed by atoms with van der Waals surface area (Å²) in [5, 5.41) is 1.29. The van der Waals surface area contributed by atoms with E-state index in [1.54, 1.807) is 6.20 Å². The molecule has 2 saturated heterocycles. The van der Waals surface area contributed by atoms with Crippen LogP contribution in [0.5, 0.6) is 0 Å². The highest BCUT2D eigenvalue weighted by molar-refractivity contribution is 7.19. The molecule has 2 aromatic heterocycles. The minimum absolute atomic E-state index is 0.00190. The normalized spacial score (nSPS) is 18.7. The lowest BCUT2D eigenvalue weighted by molar-refractivity contribution is -0.135. The van der Waals surface area contributed by atoms with Crippen molar-refractivity contribution in [3.8, 4) is 0 Å². The van der Waals surface area contributed by atoms with Gasteiger partial charge in [0.2, 0.25) is 0 Å². The average Bonchev–Trinajstić information content (AvgIpc) is 3.33. The second-order valence-corrected chi connectivity index (χ2v) is 10.2. The lowest BCUT2D eigenvalue weighted by Crippen LogP contribution is -2.56. The first-order chi connectivity index (χ1) is 16.1. The van der Waals surface area contributed by atoms with Crippen molar-refractivity contribution in [1.82, 2.24) is 19.7 Å². The number of benzene rings is 1. The number of carbonyl (C=O) groups excluding carboxylic acids is 2. The van der Waals surface area contributed by atoms with Gasteiger partial charge in [0.1, 0.15) is 5.54 Å². The van der Waals surface area contributed by atoms with Crippen LogP contribution in [0, 0.1) is 0 Å². The lowest BCUT2D eigenvalue weighted by Gasteiger charge is -2.41. The first-order valence-corrected chi connectivity index (χ1v) is 12.6. The van der Waals surface area contributed by atoms with Gasteiger partial charge in [0, 0.05) is 54.7 Å². The van der Waals surface area contributed by atoms with Crippen LogP contribution in [0.1, 0.15) is 36.6 Å². The van der Waals surface area contributed by atoms with Crippen LogP contribution < -0.4 is 0 Å². The molecule has 1 aromatic carbocycles. The Bertz CT molecular complexity index is 1100. The van der Waals surface area contributed by atoms with Crippen LogP contribution in [0.2, 0.25) is 0 Å². The maximum Gasteiger partial charge on any atom is 0.327 e. The van der Waals surface area contributed by atoms with Crippen LogP contribution in [0.4, 0.5) is 4.79 Å². The number of piperidine rings is 1. The third-order valence-corrected chi connectivity index (χ3v) is 8.15. The monoisotopic (exact) mass is 462 g/mol. The van der Waals surface area contributed by atoms with Crippen LogP contribution in [-0.4, -0.2) is 63.3 Å². The molecule has 2 aliphatic rings. The fourth-order valence-electron chi connectivity index (χ4n) is 5.30. The fourth-order valence-corrected chi connectivity index (χ4v) is 6.41. The van der Waals surface area contributed by atoms with Crippen LogP contribution in [-0.2, 0) is 17.8 Å². The van der Waals surface area contributed by atoms with Gasteiger partial charge in [-0.15, -0.1) is 11.3 Å². The molecule has 5 rings (SSSR count). The van der Waals surface area contributed by atoms with Crippen LogP contribution in [0.3, 0.4) is 0 Å². The van der Waals surface area contributed by atoms with Gasteiger partial charge in [-0.25, -0.2) is 4.79 Å². The zero-order chi connectivity index (χ0) is 22.8. The zero-order valence-electron chi connectivity index (χ0n) is 19.1. The Morgan fingerprint density at radius 1 is 1.09 bits per heavy atom. The number of aryl methyl sites for hydroxylation is 1. The summed E-state index contributed by atoms with van der Waals surface area (Å²) in [6.07, 6.45) is 6.58. The van der Waals surface area contributed by atoms with Gasteiger partial charge in [-0.1, -0.05) is 24.3 Å². The summed E-state index contributed by atoms with van der Waals surface area (Å²) in [5.41, 5.74) is 0.463. The lowest BCUT2D eigenvalue weighted by atomic mass is 9.85. The first-order valence-electron chi connectivity index (χ1n) is 11.8. The average molecular weight is 463 g/mol. The molecule has 1 spiro atoms. The van der Waals surface area contributed by atoms with Crippen LogP contribution >= 0.6 is 11.3 Å². The molecular weight excluding hydrogens is 432 g/mol. The highest BCUT2D eigenvalue weighted by Crippen LogP contribution is 2.38.